The molecule has 17 heavy (non-hydrogen) atoms. The molecule has 1 amide bonds. The average molecular weight is 235 g/mol. The molecule has 1 aromatic rings. The third-order valence-corrected chi connectivity index (χ3v) is 3.11. The number of aliphatic hydroxyl groups is 1. The molecule has 1 rings (SSSR count). The number of rotatable bonds is 4. The zero-order valence-electron chi connectivity index (χ0n) is 10.9. The maximum atomic E-state index is 11.9. The number of anilines is 1. The Morgan fingerprint density at radius 1 is 1.29 bits per heavy atom. The molecule has 0 aromatic heterocycles. The van der Waals surface area contributed by atoms with Crippen molar-refractivity contribution in [3.8, 4) is 0 Å². The van der Waals surface area contributed by atoms with Crippen LogP contribution in [-0.4, -0.2) is 17.6 Å². The first-order valence-corrected chi connectivity index (χ1v) is 5.94. The zero-order chi connectivity index (χ0) is 13.0. The Kier molecular flexibility index (Phi) is 4.70. The van der Waals surface area contributed by atoms with E-state index in [0.717, 1.165) is 11.3 Å². The number of carbonyl (C=O) groups is 1. The number of aliphatic hydroxyl groups excluding tert-OH is 1. The Morgan fingerprint density at radius 3 is 2.41 bits per heavy atom. The second-order valence-electron chi connectivity index (χ2n) is 4.82. The van der Waals surface area contributed by atoms with E-state index >= 15 is 0 Å². The Bertz CT molecular complexity index is 399. The molecule has 1 aromatic carbocycles. The molecule has 0 aliphatic carbocycles. The van der Waals surface area contributed by atoms with E-state index in [4.69, 9.17) is 0 Å². The van der Waals surface area contributed by atoms with Crippen molar-refractivity contribution < 1.29 is 9.90 Å². The molecule has 0 saturated heterocycles. The Labute approximate surface area is 103 Å². The molecule has 1 atom stereocenters. The van der Waals surface area contributed by atoms with Gasteiger partial charge >= 0.3 is 0 Å². The molecule has 0 bridgehead atoms. The second-order valence-corrected chi connectivity index (χ2v) is 4.82. The summed E-state index contributed by atoms with van der Waals surface area (Å²) >= 11 is 0. The van der Waals surface area contributed by atoms with Crippen molar-refractivity contribution in [2.45, 2.75) is 27.7 Å². The minimum atomic E-state index is -0.350. The summed E-state index contributed by atoms with van der Waals surface area (Å²) in [5, 5.41) is 12.0. The highest BCUT2D eigenvalue weighted by molar-refractivity contribution is 5.92. The molecule has 0 fully saturated rings. The number of hydrogen-bond donors (Lipinski definition) is 2. The van der Waals surface area contributed by atoms with Gasteiger partial charge in [-0.05, 0) is 43.0 Å². The SMILES string of the molecule is Cc1ccc(NC(=O)C(CO)C(C)C)cc1C. The van der Waals surface area contributed by atoms with Crippen molar-refractivity contribution in [2.75, 3.05) is 11.9 Å². The van der Waals surface area contributed by atoms with Crippen molar-refractivity contribution in [1.29, 1.82) is 0 Å². The molecule has 0 heterocycles. The zero-order valence-corrected chi connectivity index (χ0v) is 10.9. The van der Waals surface area contributed by atoms with Crippen molar-refractivity contribution in [3.05, 3.63) is 29.3 Å². The Balaban J connectivity index is 2.77. The summed E-state index contributed by atoms with van der Waals surface area (Å²) in [6.45, 7) is 7.79. The normalized spacial score (nSPS) is 12.6. The number of hydrogen-bond acceptors (Lipinski definition) is 2. The minimum absolute atomic E-state index is 0.117. The smallest absolute Gasteiger partial charge is 0.230 e. The lowest BCUT2D eigenvalue weighted by molar-refractivity contribution is -0.122. The van der Waals surface area contributed by atoms with E-state index < -0.39 is 0 Å². The van der Waals surface area contributed by atoms with Crippen molar-refractivity contribution in [3.63, 3.8) is 0 Å². The van der Waals surface area contributed by atoms with Gasteiger partial charge in [0.05, 0.1) is 12.5 Å². The van der Waals surface area contributed by atoms with Crippen molar-refractivity contribution in [2.24, 2.45) is 11.8 Å². The fraction of sp³-hybridized carbons (Fsp3) is 0.500. The molecule has 0 aliphatic rings. The Morgan fingerprint density at radius 2 is 1.94 bits per heavy atom. The molecule has 2 N–H and O–H groups in total. The molecular formula is C14H21NO2. The standard InChI is InChI=1S/C14H21NO2/c1-9(2)13(8-16)14(17)15-12-6-5-10(3)11(4)7-12/h5-7,9,13,16H,8H2,1-4H3,(H,15,17). The van der Waals surface area contributed by atoms with Gasteiger partial charge in [-0.3, -0.25) is 4.79 Å². The molecule has 0 radical (unpaired) electrons. The highest BCUT2D eigenvalue weighted by atomic mass is 16.3. The van der Waals surface area contributed by atoms with Gasteiger partial charge < -0.3 is 10.4 Å². The molecular weight excluding hydrogens is 214 g/mol. The molecule has 1 unspecified atom stereocenters. The summed E-state index contributed by atoms with van der Waals surface area (Å²) in [6, 6.07) is 5.81. The van der Waals surface area contributed by atoms with Gasteiger partial charge in [-0.1, -0.05) is 19.9 Å². The highest BCUT2D eigenvalue weighted by Crippen LogP contribution is 2.17. The van der Waals surface area contributed by atoms with Gasteiger partial charge in [0.15, 0.2) is 0 Å². The predicted octanol–water partition coefficient (Wildman–Crippen LogP) is 2.51. The lowest BCUT2D eigenvalue weighted by Gasteiger charge is -2.18. The number of aryl methyl sites for hydroxylation is 2. The number of carbonyl (C=O) groups excluding carboxylic acids is 1. The van der Waals surface area contributed by atoms with Crippen LogP contribution in [0.25, 0.3) is 0 Å². The summed E-state index contributed by atoms with van der Waals surface area (Å²) in [5.41, 5.74) is 3.13. The topological polar surface area (TPSA) is 49.3 Å². The molecule has 0 spiro atoms. The van der Waals surface area contributed by atoms with E-state index in [2.05, 4.69) is 5.32 Å². The van der Waals surface area contributed by atoms with Gasteiger partial charge in [0.1, 0.15) is 0 Å². The van der Waals surface area contributed by atoms with Crippen LogP contribution in [0.15, 0.2) is 18.2 Å². The lowest BCUT2D eigenvalue weighted by atomic mass is 9.96. The van der Waals surface area contributed by atoms with Crippen LogP contribution >= 0.6 is 0 Å². The molecule has 94 valence electrons. The summed E-state index contributed by atoms with van der Waals surface area (Å²) < 4.78 is 0. The monoisotopic (exact) mass is 235 g/mol. The molecule has 0 saturated carbocycles. The maximum Gasteiger partial charge on any atom is 0.230 e. The number of benzene rings is 1. The third kappa shape index (κ3) is 3.56. The second kappa shape index (κ2) is 5.82. The van der Waals surface area contributed by atoms with E-state index in [1.165, 1.54) is 5.56 Å². The van der Waals surface area contributed by atoms with Gasteiger partial charge in [-0.15, -0.1) is 0 Å². The van der Waals surface area contributed by atoms with E-state index in [9.17, 15) is 9.90 Å². The summed E-state index contributed by atoms with van der Waals surface area (Å²) in [4.78, 5) is 11.9. The maximum absolute atomic E-state index is 11.9. The van der Waals surface area contributed by atoms with Gasteiger partial charge in [-0.2, -0.15) is 0 Å². The van der Waals surface area contributed by atoms with E-state index in [1.807, 2.05) is 45.9 Å². The van der Waals surface area contributed by atoms with Gasteiger partial charge in [0.2, 0.25) is 5.91 Å². The first kappa shape index (κ1) is 13.7. The van der Waals surface area contributed by atoms with E-state index in [1.54, 1.807) is 0 Å². The van der Waals surface area contributed by atoms with Crippen LogP contribution in [0.4, 0.5) is 5.69 Å². The predicted molar refractivity (Wildman–Crippen MR) is 70.0 cm³/mol. The highest BCUT2D eigenvalue weighted by Gasteiger charge is 2.21. The average Bonchev–Trinajstić information content (AvgIpc) is 2.24. The van der Waals surface area contributed by atoms with Gasteiger partial charge in [0.25, 0.3) is 0 Å². The van der Waals surface area contributed by atoms with Crippen molar-refractivity contribution in [1.82, 2.24) is 0 Å². The van der Waals surface area contributed by atoms with Crippen LogP contribution in [0.1, 0.15) is 25.0 Å². The number of nitrogens with one attached hydrogen (secondary N) is 1. The van der Waals surface area contributed by atoms with E-state index in [-0.39, 0.29) is 24.3 Å². The van der Waals surface area contributed by atoms with Gasteiger partial charge in [-0.25, -0.2) is 0 Å². The van der Waals surface area contributed by atoms with Crippen molar-refractivity contribution >= 4 is 11.6 Å². The minimum Gasteiger partial charge on any atom is -0.396 e. The first-order chi connectivity index (χ1) is 7.95. The van der Waals surface area contributed by atoms with Crippen LogP contribution in [0.2, 0.25) is 0 Å². The van der Waals surface area contributed by atoms with Crippen LogP contribution in [0.3, 0.4) is 0 Å². The summed E-state index contributed by atoms with van der Waals surface area (Å²) in [5.74, 6) is -0.339. The lowest BCUT2D eigenvalue weighted by Crippen LogP contribution is -2.29. The summed E-state index contributed by atoms with van der Waals surface area (Å²) in [6.07, 6.45) is 0. The fourth-order valence-corrected chi connectivity index (χ4v) is 1.65. The molecule has 0 aliphatic heterocycles. The molecule has 3 nitrogen and oxygen atoms in total. The fourth-order valence-electron chi connectivity index (χ4n) is 1.65. The quantitative estimate of drug-likeness (QED) is 0.842. The summed E-state index contributed by atoms with van der Waals surface area (Å²) in [7, 11) is 0. The van der Waals surface area contributed by atoms with Crippen LogP contribution in [0, 0.1) is 25.7 Å². The third-order valence-electron chi connectivity index (χ3n) is 3.11. The largest absolute Gasteiger partial charge is 0.396 e. The van der Waals surface area contributed by atoms with E-state index in [0.29, 0.717) is 0 Å². The van der Waals surface area contributed by atoms with Crippen LogP contribution < -0.4 is 5.32 Å². The van der Waals surface area contributed by atoms with Crippen LogP contribution in [0.5, 0.6) is 0 Å². The molecule has 3 heteroatoms. The van der Waals surface area contributed by atoms with Crippen LogP contribution in [-0.2, 0) is 4.79 Å². The number of amides is 1. The Hall–Kier alpha value is -1.35. The first-order valence-electron chi connectivity index (χ1n) is 5.94. The van der Waals surface area contributed by atoms with Gasteiger partial charge in [0, 0.05) is 5.69 Å².